The zero-order valence-corrected chi connectivity index (χ0v) is 16.2. The topological polar surface area (TPSA) is 77.7 Å². The molecule has 2 heterocycles. The van der Waals surface area contributed by atoms with Crippen LogP contribution in [0.1, 0.15) is 61.2 Å². The Morgan fingerprint density at radius 2 is 2.00 bits per heavy atom. The summed E-state index contributed by atoms with van der Waals surface area (Å²) < 4.78 is 16.6. The predicted molar refractivity (Wildman–Crippen MR) is 100 cm³/mol. The Hall–Kier alpha value is -2.41. The first-order valence-electron chi connectivity index (χ1n) is 9.59. The summed E-state index contributed by atoms with van der Waals surface area (Å²) in [5, 5.41) is 3.89. The predicted octanol–water partition coefficient (Wildman–Crippen LogP) is 3.59. The van der Waals surface area contributed by atoms with Gasteiger partial charge in [0.2, 0.25) is 5.89 Å². The third-order valence-electron chi connectivity index (χ3n) is 4.65. The minimum absolute atomic E-state index is 0.00189. The van der Waals surface area contributed by atoms with Gasteiger partial charge < -0.3 is 14.0 Å². The smallest absolute Gasteiger partial charge is 0.243 e. The summed E-state index contributed by atoms with van der Waals surface area (Å²) in [5.74, 6) is 2.53. The van der Waals surface area contributed by atoms with Crippen LogP contribution in [0.5, 0.6) is 11.5 Å². The van der Waals surface area contributed by atoms with E-state index in [-0.39, 0.29) is 11.8 Å². The molecule has 1 fully saturated rings. The van der Waals surface area contributed by atoms with E-state index in [1.807, 2.05) is 13.8 Å². The third kappa shape index (κ3) is 4.66. The summed E-state index contributed by atoms with van der Waals surface area (Å²) in [6.07, 6.45) is 3.07. The van der Waals surface area contributed by atoms with Gasteiger partial charge in [-0.15, -0.1) is 0 Å². The van der Waals surface area contributed by atoms with Crippen molar-refractivity contribution in [2.75, 3.05) is 26.3 Å². The number of hydrogen-bond donors (Lipinski definition) is 0. The second-order valence-corrected chi connectivity index (χ2v) is 6.61. The molecule has 0 aliphatic carbocycles. The molecule has 1 aliphatic heterocycles. The molecule has 1 aromatic heterocycles. The molecule has 1 atom stereocenters. The molecule has 7 nitrogen and oxygen atoms in total. The van der Waals surface area contributed by atoms with Gasteiger partial charge in [0.1, 0.15) is 0 Å². The fraction of sp³-hybridized carbons (Fsp3) is 0.550. The highest BCUT2D eigenvalue weighted by molar-refractivity contribution is 5.98. The van der Waals surface area contributed by atoms with Crippen molar-refractivity contribution in [2.45, 2.75) is 46.1 Å². The maximum atomic E-state index is 12.9. The molecule has 1 saturated heterocycles. The van der Waals surface area contributed by atoms with Gasteiger partial charge in [-0.05, 0) is 58.4 Å². The number of carbonyl (C=O) groups is 1. The minimum atomic E-state index is -0.00189. The first-order valence-corrected chi connectivity index (χ1v) is 9.59. The van der Waals surface area contributed by atoms with Crippen LogP contribution in [0.25, 0.3) is 0 Å². The Labute approximate surface area is 159 Å². The second-order valence-electron chi connectivity index (χ2n) is 6.61. The zero-order chi connectivity index (χ0) is 19.2. The molecule has 0 saturated carbocycles. The van der Waals surface area contributed by atoms with E-state index in [9.17, 15) is 4.79 Å². The normalized spacial score (nSPS) is 17.7. The first-order chi connectivity index (χ1) is 13.1. The van der Waals surface area contributed by atoms with Crippen LogP contribution in [-0.4, -0.2) is 47.1 Å². The van der Waals surface area contributed by atoms with Crippen LogP contribution in [0.4, 0.5) is 0 Å². The maximum Gasteiger partial charge on any atom is 0.243 e. The molecule has 0 spiro atoms. The van der Waals surface area contributed by atoms with Gasteiger partial charge >= 0.3 is 0 Å². The van der Waals surface area contributed by atoms with E-state index >= 15 is 0 Å². The molecular formula is C20H27N3O4. The number of rotatable bonds is 8. The van der Waals surface area contributed by atoms with E-state index in [4.69, 9.17) is 14.0 Å². The van der Waals surface area contributed by atoms with Crippen LogP contribution in [0.2, 0.25) is 0 Å². The van der Waals surface area contributed by atoms with E-state index < -0.39 is 0 Å². The zero-order valence-electron chi connectivity index (χ0n) is 16.2. The van der Waals surface area contributed by atoms with Gasteiger partial charge in [0, 0.05) is 5.56 Å². The molecule has 27 heavy (non-hydrogen) atoms. The average Bonchev–Trinajstić information content (AvgIpc) is 3.10. The number of aromatic nitrogens is 2. The Morgan fingerprint density at radius 3 is 2.70 bits per heavy atom. The van der Waals surface area contributed by atoms with Crippen LogP contribution in [0.3, 0.4) is 0 Å². The van der Waals surface area contributed by atoms with Crippen molar-refractivity contribution in [3.05, 3.63) is 35.5 Å². The van der Waals surface area contributed by atoms with Gasteiger partial charge in [-0.1, -0.05) is 11.6 Å². The van der Waals surface area contributed by atoms with Crippen molar-refractivity contribution in [3.8, 4) is 11.5 Å². The van der Waals surface area contributed by atoms with Crippen LogP contribution < -0.4 is 9.47 Å². The first kappa shape index (κ1) is 19.4. The molecule has 7 heteroatoms. The quantitative estimate of drug-likeness (QED) is 0.654. The van der Waals surface area contributed by atoms with Crippen molar-refractivity contribution < 1.29 is 18.8 Å². The van der Waals surface area contributed by atoms with Gasteiger partial charge in [-0.3, -0.25) is 9.69 Å². The van der Waals surface area contributed by atoms with Crippen LogP contribution in [-0.2, 0) is 0 Å². The number of nitrogens with zero attached hydrogens (tertiary/aromatic N) is 3. The highest BCUT2D eigenvalue weighted by Crippen LogP contribution is 2.31. The minimum Gasteiger partial charge on any atom is -0.490 e. The van der Waals surface area contributed by atoms with Gasteiger partial charge in [-0.25, -0.2) is 0 Å². The number of Topliss-reactive ketones (excluding diaryl/α,β-unsaturated/α-hetero) is 1. The highest BCUT2D eigenvalue weighted by Gasteiger charge is 2.30. The van der Waals surface area contributed by atoms with E-state index in [1.54, 1.807) is 25.1 Å². The van der Waals surface area contributed by atoms with Crippen molar-refractivity contribution in [2.24, 2.45) is 0 Å². The number of ketones is 1. The number of ether oxygens (including phenoxy) is 2. The Bertz CT molecular complexity index is 774. The summed E-state index contributed by atoms with van der Waals surface area (Å²) in [5.41, 5.74) is 0.618. The number of aryl methyl sites for hydroxylation is 1. The Balaban J connectivity index is 1.75. The van der Waals surface area contributed by atoms with Gasteiger partial charge in [-0.2, -0.15) is 4.98 Å². The van der Waals surface area contributed by atoms with Gasteiger partial charge in [0.25, 0.3) is 0 Å². The summed E-state index contributed by atoms with van der Waals surface area (Å²) in [4.78, 5) is 19.4. The third-order valence-corrected chi connectivity index (χ3v) is 4.65. The number of benzene rings is 1. The monoisotopic (exact) mass is 373 g/mol. The number of hydrogen-bond acceptors (Lipinski definition) is 7. The lowest BCUT2D eigenvalue weighted by atomic mass is 10.0. The maximum absolute atomic E-state index is 12.9. The van der Waals surface area contributed by atoms with Crippen molar-refractivity contribution >= 4 is 5.78 Å². The molecule has 0 N–H and O–H groups in total. The van der Waals surface area contributed by atoms with Crippen molar-refractivity contribution in [3.63, 3.8) is 0 Å². The van der Waals surface area contributed by atoms with Crippen LogP contribution >= 0.6 is 0 Å². The molecule has 3 rings (SSSR count). The van der Waals surface area contributed by atoms with Crippen LogP contribution in [0, 0.1) is 6.92 Å². The molecule has 1 aromatic carbocycles. The van der Waals surface area contributed by atoms with E-state index in [2.05, 4.69) is 15.0 Å². The van der Waals surface area contributed by atoms with Gasteiger partial charge in [0.15, 0.2) is 23.1 Å². The number of likely N-dealkylation sites (tertiary alicyclic amines) is 1. The van der Waals surface area contributed by atoms with Gasteiger partial charge in [0.05, 0.1) is 25.8 Å². The number of carbonyl (C=O) groups excluding carboxylic acids is 1. The molecule has 0 unspecified atom stereocenters. The second kappa shape index (κ2) is 8.99. The Morgan fingerprint density at radius 1 is 1.22 bits per heavy atom. The molecule has 146 valence electrons. The summed E-state index contributed by atoms with van der Waals surface area (Å²) in [6, 6.07) is 5.37. The molecule has 2 aromatic rings. The van der Waals surface area contributed by atoms with Crippen LogP contribution in [0.15, 0.2) is 22.7 Å². The number of piperidine rings is 1. The average molecular weight is 373 g/mol. The van der Waals surface area contributed by atoms with E-state index in [1.165, 1.54) is 0 Å². The standard InChI is InChI=1S/C20H27N3O4/c1-4-25-18-10-9-15(12-19(18)26-5-2)17(24)13-23-11-7-6-8-16(23)20-21-14(3)22-27-20/h9-10,12,16H,4-8,11,13H2,1-3H3/t16-/m0/s1. The molecule has 1 aliphatic rings. The fourth-order valence-electron chi connectivity index (χ4n) is 3.41. The summed E-state index contributed by atoms with van der Waals surface area (Å²) in [6.45, 7) is 7.85. The lowest BCUT2D eigenvalue weighted by molar-refractivity contribution is 0.0793. The SMILES string of the molecule is CCOc1ccc(C(=O)CN2CCCC[C@H]2c2nc(C)no2)cc1OCC. The molecule has 0 bridgehead atoms. The summed E-state index contributed by atoms with van der Waals surface area (Å²) >= 11 is 0. The largest absolute Gasteiger partial charge is 0.490 e. The van der Waals surface area contributed by atoms with E-state index in [0.717, 1.165) is 25.8 Å². The molecular weight excluding hydrogens is 346 g/mol. The van der Waals surface area contributed by atoms with Crippen molar-refractivity contribution in [1.29, 1.82) is 0 Å². The van der Waals surface area contributed by atoms with E-state index in [0.29, 0.717) is 48.5 Å². The fourth-order valence-corrected chi connectivity index (χ4v) is 3.41. The molecule has 0 amide bonds. The highest BCUT2D eigenvalue weighted by atomic mass is 16.5. The lowest BCUT2D eigenvalue weighted by Crippen LogP contribution is -2.37. The summed E-state index contributed by atoms with van der Waals surface area (Å²) in [7, 11) is 0. The Kier molecular flexibility index (Phi) is 6.45. The molecule has 0 radical (unpaired) electrons. The lowest BCUT2D eigenvalue weighted by Gasteiger charge is -2.32. The van der Waals surface area contributed by atoms with Crippen molar-refractivity contribution in [1.82, 2.24) is 15.0 Å².